The largest absolute Gasteiger partial charge is 0.351 e. The van der Waals surface area contributed by atoms with Crippen LogP contribution in [0.4, 0.5) is 0 Å². The van der Waals surface area contributed by atoms with Gasteiger partial charge in [0, 0.05) is 24.5 Å². The van der Waals surface area contributed by atoms with E-state index in [9.17, 15) is 4.79 Å². The summed E-state index contributed by atoms with van der Waals surface area (Å²) in [7, 11) is 0. The number of thiophene rings is 1. The number of hydrogen-bond acceptors (Lipinski definition) is 3. The molecular formula is C14H21IN2OS. The van der Waals surface area contributed by atoms with Gasteiger partial charge in [-0.25, -0.2) is 0 Å². The molecule has 1 aliphatic rings. The fourth-order valence-electron chi connectivity index (χ4n) is 2.47. The van der Waals surface area contributed by atoms with Gasteiger partial charge in [0.15, 0.2) is 0 Å². The number of nitrogens with one attached hydrogen (secondary N) is 2. The molecule has 0 bridgehead atoms. The van der Waals surface area contributed by atoms with Gasteiger partial charge < -0.3 is 10.6 Å². The highest BCUT2D eigenvalue weighted by atomic mass is 127. The molecule has 0 unspecified atom stereocenters. The average molecular weight is 392 g/mol. The van der Waals surface area contributed by atoms with Crippen molar-refractivity contribution in [2.75, 3.05) is 13.1 Å². The lowest BCUT2D eigenvalue weighted by molar-refractivity contribution is 0.0954. The summed E-state index contributed by atoms with van der Waals surface area (Å²) in [6.45, 7) is 1.58. The van der Waals surface area contributed by atoms with Gasteiger partial charge in [0.2, 0.25) is 0 Å². The summed E-state index contributed by atoms with van der Waals surface area (Å²) in [6.07, 6.45) is 8.03. The lowest BCUT2D eigenvalue weighted by Crippen LogP contribution is -2.36. The van der Waals surface area contributed by atoms with E-state index in [-0.39, 0.29) is 5.91 Å². The molecule has 1 fully saturated rings. The van der Waals surface area contributed by atoms with E-state index in [1.165, 1.54) is 38.5 Å². The van der Waals surface area contributed by atoms with Crippen LogP contribution in [-0.2, 0) is 0 Å². The van der Waals surface area contributed by atoms with Gasteiger partial charge in [-0.3, -0.25) is 4.79 Å². The molecule has 1 heterocycles. The molecule has 1 aromatic rings. The zero-order valence-electron chi connectivity index (χ0n) is 11.1. The molecule has 106 valence electrons. The van der Waals surface area contributed by atoms with Gasteiger partial charge in [-0.2, -0.15) is 0 Å². The van der Waals surface area contributed by atoms with Gasteiger partial charge in [0.1, 0.15) is 0 Å². The fraction of sp³-hybridized carbons (Fsp3) is 0.643. The van der Waals surface area contributed by atoms with Crippen molar-refractivity contribution in [1.82, 2.24) is 10.6 Å². The SMILES string of the molecule is O=C(NCCNC1CCCCCC1)c1csc(I)c1. The number of carbonyl (C=O) groups is 1. The van der Waals surface area contributed by atoms with Crippen LogP contribution >= 0.6 is 33.9 Å². The number of hydrogen-bond donors (Lipinski definition) is 2. The average Bonchev–Trinajstić information content (AvgIpc) is 2.68. The van der Waals surface area contributed by atoms with Crippen LogP contribution in [0.1, 0.15) is 48.9 Å². The molecule has 19 heavy (non-hydrogen) atoms. The normalized spacial score (nSPS) is 17.1. The maximum atomic E-state index is 11.8. The standard InChI is InChI=1S/C14H21IN2OS/c15-13-9-11(10-19-13)14(18)17-8-7-16-12-5-3-1-2-4-6-12/h9-10,12,16H,1-8H2,(H,17,18). The van der Waals surface area contributed by atoms with Gasteiger partial charge in [-0.1, -0.05) is 25.7 Å². The number of rotatable bonds is 5. The predicted octanol–water partition coefficient (Wildman–Crippen LogP) is 3.39. The van der Waals surface area contributed by atoms with E-state index in [0.717, 1.165) is 15.0 Å². The van der Waals surface area contributed by atoms with Crippen LogP contribution in [0.2, 0.25) is 0 Å². The lowest BCUT2D eigenvalue weighted by atomic mass is 10.1. The third kappa shape index (κ3) is 5.39. The van der Waals surface area contributed by atoms with E-state index in [4.69, 9.17) is 0 Å². The zero-order chi connectivity index (χ0) is 13.5. The van der Waals surface area contributed by atoms with Crippen molar-refractivity contribution in [2.45, 2.75) is 44.6 Å². The Bertz CT molecular complexity index is 400. The maximum absolute atomic E-state index is 11.8. The highest BCUT2D eigenvalue weighted by Gasteiger charge is 2.11. The molecule has 5 heteroatoms. The Morgan fingerprint density at radius 3 is 2.63 bits per heavy atom. The van der Waals surface area contributed by atoms with Gasteiger partial charge in [0.25, 0.3) is 5.91 Å². The molecule has 1 aliphatic carbocycles. The van der Waals surface area contributed by atoms with E-state index in [2.05, 4.69) is 33.2 Å². The number of amides is 1. The highest BCUT2D eigenvalue weighted by molar-refractivity contribution is 14.1. The molecule has 0 saturated heterocycles. The van der Waals surface area contributed by atoms with Gasteiger partial charge in [0.05, 0.1) is 8.45 Å². The van der Waals surface area contributed by atoms with E-state index < -0.39 is 0 Å². The van der Waals surface area contributed by atoms with Gasteiger partial charge >= 0.3 is 0 Å². The van der Waals surface area contributed by atoms with Gasteiger partial charge in [-0.15, -0.1) is 11.3 Å². The van der Waals surface area contributed by atoms with Crippen molar-refractivity contribution in [1.29, 1.82) is 0 Å². The predicted molar refractivity (Wildman–Crippen MR) is 88.9 cm³/mol. The van der Waals surface area contributed by atoms with Crippen LogP contribution in [0.5, 0.6) is 0 Å². The summed E-state index contributed by atoms with van der Waals surface area (Å²) in [5.74, 6) is 0.0434. The Kier molecular flexibility index (Phi) is 6.59. The van der Waals surface area contributed by atoms with Crippen LogP contribution in [-0.4, -0.2) is 25.0 Å². The highest BCUT2D eigenvalue weighted by Crippen LogP contribution is 2.17. The molecule has 0 aliphatic heterocycles. The Balaban J connectivity index is 1.62. The van der Waals surface area contributed by atoms with Crippen LogP contribution in [0, 0.1) is 2.88 Å². The summed E-state index contributed by atoms with van der Waals surface area (Å²) in [4.78, 5) is 11.8. The topological polar surface area (TPSA) is 41.1 Å². The van der Waals surface area contributed by atoms with E-state index in [0.29, 0.717) is 12.6 Å². The molecule has 0 aromatic carbocycles. The first kappa shape index (κ1) is 15.3. The minimum absolute atomic E-state index is 0.0434. The molecule has 1 amide bonds. The quantitative estimate of drug-likeness (QED) is 0.458. The number of carbonyl (C=O) groups excluding carboxylic acids is 1. The third-order valence-electron chi connectivity index (χ3n) is 3.53. The first-order chi connectivity index (χ1) is 9.25. The molecule has 3 nitrogen and oxygen atoms in total. The third-order valence-corrected chi connectivity index (χ3v) is 5.32. The minimum atomic E-state index is 0.0434. The van der Waals surface area contributed by atoms with E-state index in [1.54, 1.807) is 11.3 Å². The summed E-state index contributed by atoms with van der Waals surface area (Å²) < 4.78 is 1.15. The number of halogens is 1. The van der Waals surface area contributed by atoms with Gasteiger partial charge in [-0.05, 0) is 41.5 Å². The second-order valence-electron chi connectivity index (χ2n) is 5.04. The lowest BCUT2D eigenvalue weighted by Gasteiger charge is -2.16. The van der Waals surface area contributed by atoms with Crippen LogP contribution < -0.4 is 10.6 Å². The van der Waals surface area contributed by atoms with Crippen molar-refractivity contribution in [3.8, 4) is 0 Å². The Hall–Kier alpha value is -0.140. The Morgan fingerprint density at radius 1 is 1.26 bits per heavy atom. The Labute approximate surface area is 132 Å². The van der Waals surface area contributed by atoms with E-state index in [1.807, 2.05) is 11.4 Å². The second kappa shape index (κ2) is 8.21. The van der Waals surface area contributed by atoms with Crippen molar-refractivity contribution < 1.29 is 4.79 Å². The second-order valence-corrected chi connectivity index (χ2v) is 7.84. The maximum Gasteiger partial charge on any atom is 0.252 e. The van der Waals surface area contributed by atoms with Crippen LogP contribution in [0.15, 0.2) is 11.4 Å². The van der Waals surface area contributed by atoms with Crippen LogP contribution in [0.25, 0.3) is 0 Å². The zero-order valence-corrected chi connectivity index (χ0v) is 14.1. The fourth-order valence-corrected chi connectivity index (χ4v) is 3.79. The summed E-state index contributed by atoms with van der Waals surface area (Å²) >= 11 is 3.85. The molecule has 0 atom stereocenters. The molecule has 0 radical (unpaired) electrons. The molecular weight excluding hydrogens is 371 g/mol. The van der Waals surface area contributed by atoms with Crippen LogP contribution in [0.3, 0.4) is 0 Å². The Morgan fingerprint density at radius 2 is 2.00 bits per heavy atom. The van der Waals surface area contributed by atoms with Crippen molar-refractivity contribution >= 4 is 39.8 Å². The smallest absolute Gasteiger partial charge is 0.252 e. The van der Waals surface area contributed by atoms with Crippen molar-refractivity contribution in [3.63, 3.8) is 0 Å². The monoisotopic (exact) mass is 392 g/mol. The summed E-state index contributed by atoms with van der Waals surface area (Å²) in [5.41, 5.74) is 0.781. The van der Waals surface area contributed by atoms with E-state index >= 15 is 0 Å². The van der Waals surface area contributed by atoms with Crippen molar-refractivity contribution in [2.24, 2.45) is 0 Å². The molecule has 0 spiro atoms. The molecule has 2 N–H and O–H groups in total. The minimum Gasteiger partial charge on any atom is -0.351 e. The summed E-state index contributed by atoms with van der Waals surface area (Å²) in [5, 5.41) is 8.44. The molecule has 2 rings (SSSR count). The molecule has 1 saturated carbocycles. The first-order valence-corrected chi connectivity index (χ1v) is 8.97. The molecule has 1 aromatic heterocycles. The summed E-state index contributed by atoms with van der Waals surface area (Å²) in [6, 6.07) is 2.58. The first-order valence-electron chi connectivity index (χ1n) is 7.01. The van der Waals surface area contributed by atoms with Crippen molar-refractivity contribution in [3.05, 3.63) is 19.9 Å².